The molecule has 0 aliphatic rings. The predicted octanol–water partition coefficient (Wildman–Crippen LogP) is 2.40. The zero-order valence-electron chi connectivity index (χ0n) is 33.5. The summed E-state index contributed by atoms with van der Waals surface area (Å²) in [6.45, 7) is 9.32. The predicted molar refractivity (Wildman–Crippen MR) is 230 cm³/mol. The smallest absolute Gasteiger partial charge is 0.219 e. The van der Waals surface area contributed by atoms with E-state index in [0.29, 0.717) is 42.1 Å². The largest absolute Gasteiger partial charge is 0.386 e. The molecule has 0 saturated heterocycles. The first-order valence-electron chi connectivity index (χ1n) is 18.1. The highest BCUT2D eigenvalue weighted by Crippen LogP contribution is 2.17. The number of aliphatic imine (C=N–C) groups is 1. The molecule has 18 heteroatoms. The van der Waals surface area contributed by atoms with Crippen molar-refractivity contribution in [3.63, 3.8) is 0 Å². The molecule has 2 aromatic carbocycles. The van der Waals surface area contributed by atoms with E-state index in [1.54, 1.807) is 14.0 Å². The third kappa shape index (κ3) is 20.7. The van der Waals surface area contributed by atoms with Crippen LogP contribution in [0.1, 0.15) is 112 Å². The molecule has 0 unspecified atom stereocenters. The number of amidine groups is 1. The number of aryl methyl sites for hydroxylation is 1. The number of carbonyl (C=O) groups excluding carboxylic acids is 2. The minimum Gasteiger partial charge on any atom is -0.386 e. The van der Waals surface area contributed by atoms with Crippen LogP contribution in [-0.2, 0) is 16.0 Å². The number of guanidine groups is 3. The fourth-order valence-corrected chi connectivity index (χ4v) is 5.04. The molecular weight excluding hydrogens is 713 g/mol. The van der Waals surface area contributed by atoms with Crippen LogP contribution in [0.4, 0.5) is 0 Å². The molecule has 0 heterocycles. The van der Waals surface area contributed by atoms with Crippen molar-refractivity contribution in [1.82, 2.24) is 5.32 Å². The van der Waals surface area contributed by atoms with Crippen LogP contribution in [0.3, 0.4) is 0 Å². The Hall–Kier alpha value is -6.46. The van der Waals surface area contributed by atoms with E-state index in [1.165, 1.54) is 0 Å². The Labute approximate surface area is 329 Å². The van der Waals surface area contributed by atoms with Gasteiger partial charge < -0.3 is 45.5 Å². The summed E-state index contributed by atoms with van der Waals surface area (Å²) in [5.74, 6) is -0.0828. The zero-order chi connectivity index (χ0) is 42.2. The SMILES string of the molecule is C/C(=N\N=C(N)N)c1cc(C)cc(/C(C)=N/N=C(N)N)c1.CNC(=O)CCCCCCCCC(=O)Cc1cc(C(C)=NCC(=N)N)cc(/C(C)=N/N=C(N)N)c1. The summed E-state index contributed by atoms with van der Waals surface area (Å²) >= 11 is 0. The summed E-state index contributed by atoms with van der Waals surface area (Å²) < 4.78 is 0. The third-order valence-electron chi connectivity index (χ3n) is 7.96. The molecule has 0 radical (unpaired) electrons. The topological polar surface area (TPSA) is 339 Å². The Kier molecular flexibility index (Phi) is 21.7. The number of nitrogens with two attached hydrogens (primary N) is 7. The van der Waals surface area contributed by atoms with Gasteiger partial charge in [-0.05, 0) is 105 Å². The van der Waals surface area contributed by atoms with Gasteiger partial charge in [-0.3, -0.25) is 20.0 Å². The van der Waals surface area contributed by atoms with E-state index in [0.717, 1.165) is 71.9 Å². The van der Waals surface area contributed by atoms with Crippen LogP contribution < -0.4 is 45.5 Å². The molecule has 16 N–H and O–H groups in total. The molecule has 2 rings (SSSR count). The van der Waals surface area contributed by atoms with Crippen LogP contribution in [0.5, 0.6) is 0 Å². The molecule has 0 bridgehead atoms. The van der Waals surface area contributed by atoms with Gasteiger partial charge in [0, 0.05) is 32.0 Å². The molecule has 0 fully saturated rings. The fourth-order valence-electron chi connectivity index (χ4n) is 5.04. The number of ketones is 1. The number of Topliss-reactive ketones (excluding diaryl/α,β-unsaturated/α-hetero) is 1. The number of nitrogens with zero attached hydrogens (tertiary/aromatic N) is 7. The molecule has 2 aromatic rings. The molecule has 0 aromatic heterocycles. The third-order valence-corrected chi connectivity index (χ3v) is 7.96. The first-order chi connectivity index (χ1) is 26.4. The highest BCUT2D eigenvalue weighted by atomic mass is 16.1. The molecular formula is C38H60N16O2. The standard InChI is InChI=1S/C25H40N8O2.C13H20N8/c1-17(31-16-23(26)27)20-12-19(13-21(15-20)18(2)32-33-25(28)29)14-22(34)10-8-6-4-5-7-9-11-24(35)30-3;1-7-4-10(8(2)18-20-12(14)15)6-11(5-7)9(3)19-21-13(16)17/h12-13,15H,4-11,14,16H2,1-3H3,(H3,26,27)(H,30,35)(H4,28,29,33);4-6H,1-3H3,(H4,14,15,20)(H4,16,17,21)/b31-17?,32-18+;18-8+,19-9+. The summed E-state index contributed by atoms with van der Waals surface area (Å²) in [6, 6.07) is 11.6. The maximum absolute atomic E-state index is 12.6. The van der Waals surface area contributed by atoms with Gasteiger partial charge in [0.25, 0.3) is 0 Å². The number of rotatable bonds is 20. The van der Waals surface area contributed by atoms with E-state index in [4.69, 9.17) is 45.5 Å². The van der Waals surface area contributed by atoms with Crippen molar-refractivity contribution in [3.8, 4) is 0 Å². The minimum atomic E-state index is -0.137. The average molecular weight is 773 g/mol. The molecule has 0 saturated carbocycles. The lowest BCUT2D eigenvalue weighted by Gasteiger charge is -2.10. The monoisotopic (exact) mass is 773 g/mol. The van der Waals surface area contributed by atoms with E-state index < -0.39 is 0 Å². The maximum Gasteiger partial charge on any atom is 0.219 e. The van der Waals surface area contributed by atoms with Gasteiger partial charge in [-0.2, -0.15) is 15.3 Å². The lowest BCUT2D eigenvalue weighted by Crippen LogP contribution is -2.22. The summed E-state index contributed by atoms with van der Waals surface area (Å²) in [5.41, 5.74) is 45.2. The number of carbonyl (C=O) groups is 2. The van der Waals surface area contributed by atoms with Crippen LogP contribution in [-0.4, -0.2) is 71.8 Å². The van der Waals surface area contributed by atoms with Crippen LogP contribution >= 0.6 is 0 Å². The van der Waals surface area contributed by atoms with Crippen molar-refractivity contribution in [2.45, 2.75) is 92.4 Å². The fraction of sp³-hybridized carbons (Fsp3) is 0.421. The first kappa shape index (κ1) is 47.6. The average Bonchev–Trinajstić information content (AvgIpc) is 3.14. The molecule has 18 nitrogen and oxygen atoms in total. The van der Waals surface area contributed by atoms with Crippen molar-refractivity contribution in [3.05, 3.63) is 69.8 Å². The number of unbranched alkanes of at least 4 members (excludes halogenated alkanes) is 5. The molecule has 0 aliphatic heterocycles. The Morgan fingerprint density at radius 2 is 0.964 bits per heavy atom. The summed E-state index contributed by atoms with van der Waals surface area (Å²) in [5, 5.41) is 33.0. The van der Waals surface area contributed by atoms with Gasteiger partial charge >= 0.3 is 0 Å². The highest BCUT2D eigenvalue weighted by molar-refractivity contribution is 6.06. The van der Waals surface area contributed by atoms with Gasteiger partial charge in [0.15, 0.2) is 0 Å². The summed E-state index contributed by atoms with van der Waals surface area (Å²) in [7, 11) is 1.65. The van der Waals surface area contributed by atoms with Crippen LogP contribution in [0.15, 0.2) is 72.0 Å². The molecule has 0 spiro atoms. The van der Waals surface area contributed by atoms with Gasteiger partial charge in [0.1, 0.15) is 11.6 Å². The van der Waals surface area contributed by atoms with E-state index in [2.05, 4.69) is 40.9 Å². The van der Waals surface area contributed by atoms with Crippen LogP contribution in [0.2, 0.25) is 0 Å². The Balaban J connectivity index is 0.000000635. The van der Waals surface area contributed by atoms with Gasteiger partial charge in [-0.25, -0.2) is 0 Å². The molecule has 56 heavy (non-hydrogen) atoms. The second-order valence-electron chi connectivity index (χ2n) is 13.1. The van der Waals surface area contributed by atoms with Gasteiger partial charge in [0.05, 0.1) is 23.7 Å². The quantitative estimate of drug-likeness (QED) is 0.0412. The van der Waals surface area contributed by atoms with Crippen LogP contribution in [0, 0.1) is 12.3 Å². The zero-order valence-corrected chi connectivity index (χ0v) is 33.5. The van der Waals surface area contributed by atoms with Crippen molar-refractivity contribution >= 4 is 58.3 Å². The maximum atomic E-state index is 12.6. The lowest BCUT2D eigenvalue weighted by atomic mass is 9.96. The number of nitrogens with one attached hydrogen (secondary N) is 2. The molecule has 0 atom stereocenters. The van der Waals surface area contributed by atoms with Crippen molar-refractivity contribution in [2.24, 2.45) is 75.7 Å². The van der Waals surface area contributed by atoms with Crippen LogP contribution in [0.25, 0.3) is 0 Å². The Bertz CT molecular complexity index is 1810. The number of amides is 1. The van der Waals surface area contributed by atoms with Gasteiger partial charge in [-0.1, -0.05) is 37.8 Å². The molecule has 0 aliphatic carbocycles. The van der Waals surface area contributed by atoms with Gasteiger partial charge in [-0.15, -0.1) is 15.3 Å². The van der Waals surface area contributed by atoms with Crippen molar-refractivity contribution in [1.29, 1.82) is 5.41 Å². The number of benzene rings is 2. The van der Waals surface area contributed by atoms with E-state index >= 15 is 0 Å². The van der Waals surface area contributed by atoms with E-state index in [-0.39, 0.29) is 41.9 Å². The summed E-state index contributed by atoms with van der Waals surface area (Å²) in [6.07, 6.45) is 7.32. The van der Waals surface area contributed by atoms with Gasteiger partial charge in [0.2, 0.25) is 23.8 Å². The Morgan fingerprint density at radius 3 is 1.38 bits per heavy atom. The minimum absolute atomic E-state index is 0.0205. The normalized spacial score (nSPS) is 11.8. The number of hydrogen-bond acceptors (Lipinski definition) is 10. The van der Waals surface area contributed by atoms with Crippen molar-refractivity contribution in [2.75, 3.05) is 13.6 Å². The second kappa shape index (κ2) is 25.5. The van der Waals surface area contributed by atoms with E-state index in [9.17, 15) is 9.59 Å². The first-order valence-corrected chi connectivity index (χ1v) is 18.1. The summed E-state index contributed by atoms with van der Waals surface area (Å²) in [4.78, 5) is 28.2. The lowest BCUT2D eigenvalue weighted by molar-refractivity contribution is -0.121. The van der Waals surface area contributed by atoms with Crippen molar-refractivity contribution < 1.29 is 9.59 Å². The second-order valence-corrected chi connectivity index (χ2v) is 13.1. The highest BCUT2D eigenvalue weighted by Gasteiger charge is 2.11. The number of hydrogen-bond donors (Lipinski definition) is 9. The molecule has 1 amide bonds. The Morgan fingerprint density at radius 1 is 0.571 bits per heavy atom. The molecule has 304 valence electrons. The van der Waals surface area contributed by atoms with E-state index in [1.807, 2.05) is 64.1 Å².